The molecule has 1 atom stereocenters. The molecule has 0 aliphatic heterocycles. The summed E-state index contributed by atoms with van der Waals surface area (Å²) in [5.74, 6) is 0.0782. The van der Waals surface area contributed by atoms with Gasteiger partial charge in [0.2, 0.25) is 0 Å². The minimum Gasteiger partial charge on any atom is -0.324 e. The fourth-order valence-electron chi connectivity index (χ4n) is 1.61. The van der Waals surface area contributed by atoms with E-state index >= 15 is 0 Å². The van der Waals surface area contributed by atoms with Gasteiger partial charge in [0.1, 0.15) is 0 Å². The van der Waals surface area contributed by atoms with E-state index in [0.29, 0.717) is 6.42 Å². The lowest BCUT2D eigenvalue weighted by atomic mass is 10.0. The first-order chi connectivity index (χ1) is 8.18. The van der Waals surface area contributed by atoms with E-state index in [0.717, 1.165) is 15.6 Å². The second kappa shape index (κ2) is 5.58. The summed E-state index contributed by atoms with van der Waals surface area (Å²) < 4.78 is 0.854. The molecule has 0 amide bonds. The number of Topliss-reactive ketones (excluding diaryl/α,β-unsaturated/α-hetero) is 1. The second-order valence-corrected chi connectivity index (χ2v) is 5.38. The molecule has 2 rings (SSSR count). The number of halogens is 1. The third-order valence-corrected chi connectivity index (χ3v) is 4.25. The van der Waals surface area contributed by atoms with E-state index in [1.54, 1.807) is 0 Å². The van der Waals surface area contributed by atoms with Crippen LogP contribution < -0.4 is 5.73 Å². The predicted octanol–water partition coefficient (Wildman–Crippen LogP) is 3.78. The summed E-state index contributed by atoms with van der Waals surface area (Å²) in [6, 6.07) is 9.45. The van der Waals surface area contributed by atoms with Crippen LogP contribution in [0.1, 0.15) is 28.4 Å². The molecule has 0 radical (unpaired) electrons. The largest absolute Gasteiger partial charge is 0.324 e. The zero-order chi connectivity index (χ0) is 12.3. The van der Waals surface area contributed by atoms with Crippen molar-refractivity contribution >= 4 is 33.0 Å². The van der Waals surface area contributed by atoms with E-state index in [1.807, 2.05) is 41.1 Å². The Morgan fingerprint density at radius 3 is 2.59 bits per heavy atom. The molecule has 1 aromatic carbocycles. The molecule has 88 valence electrons. The van der Waals surface area contributed by atoms with Crippen LogP contribution in [0.5, 0.6) is 0 Å². The highest BCUT2D eigenvalue weighted by Crippen LogP contribution is 2.25. The number of thiophene rings is 1. The first-order valence-electron chi connectivity index (χ1n) is 5.24. The lowest BCUT2D eigenvalue weighted by Crippen LogP contribution is -2.15. The van der Waals surface area contributed by atoms with E-state index in [9.17, 15) is 4.79 Å². The van der Waals surface area contributed by atoms with Crippen molar-refractivity contribution in [1.82, 2.24) is 0 Å². The van der Waals surface area contributed by atoms with Crippen molar-refractivity contribution in [3.05, 3.63) is 56.7 Å². The van der Waals surface area contributed by atoms with E-state index in [4.69, 9.17) is 5.73 Å². The van der Waals surface area contributed by atoms with Crippen molar-refractivity contribution in [2.75, 3.05) is 0 Å². The number of carbonyl (C=O) groups excluding carboxylic acids is 1. The summed E-state index contributed by atoms with van der Waals surface area (Å²) >= 11 is 4.87. The van der Waals surface area contributed by atoms with Crippen LogP contribution >= 0.6 is 27.3 Å². The first kappa shape index (κ1) is 12.5. The zero-order valence-electron chi connectivity index (χ0n) is 9.10. The van der Waals surface area contributed by atoms with Crippen molar-refractivity contribution in [2.24, 2.45) is 5.73 Å². The number of hydrogen-bond acceptors (Lipinski definition) is 3. The summed E-state index contributed by atoms with van der Waals surface area (Å²) in [5.41, 5.74) is 7.74. The van der Waals surface area contributed by atoms with Gasteiger partial charge in [0.25, 0.3) is 0 Å². The molecule has 2 N–H and O–H groups in total. The maximum absolute atomic E-state index is 12.0. The van der Waals surface area contributed by atoms with E-state index in [2.05, 4.69) is 15.9 Å². The Balaban J connectivity index is 2.08. The average molecular weight is 310 g/mol. The molecule has 17 heavy (non-hydrogen) atoms. The van der Waals surface area contributed by atoms with Crippen LogP contribution in [0.3, 0.4) is 0 Å². The minimum absolute atomic E-state index is 0.0782. The summed E-state index contributed by atoms with van der Waals surface area (Å²) in [4.78, 5) is 12.0. The Labute approximate surface area is 113 Å². The molecule has 0 saturated carbocycles. The van der Waals surface area contributed by atoms with Gasteiger partial charge in [0, 0.05) is 33.3 Å². The van der Waals surface area contributed by atoms with Crippen LogP contribution in [-0.2, 0) is 0 Å². The summed E-state index contributed by atoms with van der Waals surface area (Å²) in [6.07, 6.45) is 0.333. The van der Waals surface area contributed by atoms with Crippen molar-refractivity contribution in [3.8, 4) is 0 Å². The molecule has 0 saturated heterocycles. The summed E-state index contributed by atoms with van der Waals surface area (Å²) in [5, 5.41) is 3.76. The quantitative estimate of drug-likeness (QED) is 0.873. The first-order valence-corrected chi connectivity index (χ1v) is 6.97. The molecule has 1 heterocycles. The molecule has 0 aliphatic carbocycles. The molecule has 2 nitrogen and oxygen atoms in total. The molecule has 0 spiro atoms. The fourth-order valence-corrected chi connectivity index (χ4v) is 3.13. The third kappa shape index (κ3) is 3.03. The Bertz CT molecular complexity index is 509. The monoisotopic (exact) mass is 309 g/mol. The molecule has 2 aromatic rings. The van der Waals surface area contributed by atoms with Gasteiger partial charge >= 0.3 is 0 Å². The number of benzene rings is 1. The van der Waals surface area contributed by atoms with Crippen molar-refractivity contribution in [3.63, 3.8) is 0 Å². The molecule has 0 bridgehead atoms. The normalized spacial score (nSPS) is 12.4. The molecule has 0 fully saturated rings. The van der Waals surface area contributed by atoms with Gasteiger partial charge in [-0.1, -0.05) is 30.3 Å². The maximum Gasteiger partial charge on any atom is 0.166 e. The van der Waals surface area contributed by atoms with Gasteiger partial charge < -0.3 is 5.73 Å². The Kier molecular flexibility index (Phi) is 4.10. The van der Waals surface area contributed by atoms with Gasteiger partial charge in [0.15, 0.2) is 5.78 Å². The number of carbonyl (C=O) groups is 1. The standard InChI is InChI=1S/C13H12BrNOS/c14-11-8-17-7-10(11)13(16)6-12(15)9-4-2-1-3-5-9/h1-5,7-8,12H,6,15H2. The van der Waals surface area contributed by atoms with Gasteiger partial charge in [-0.25, -0.2) is 0 Å². The number of nitrogens with two attached hydrogens (primary N) is 1. The van der Waals surface area contributed by atoms with E-state index < -0.39 is 0 Å². The van der Waals surface area contributed by atoms with E-state index in [-0.39, 0.29) is 11.8 Å². The van der Waals surface area contributed by atoms with Crippen LogP contribution in [0.2, 0.25) is 0 Å². The van der Waals surface area contributed by atoms with Crippen molar-refractivity contribution in [1.29, 1.82) is 0 Å². The maximum atomic E-state index is 12.0. The molecule has 1 aromatic heterocycles. The highest BCUT2D eigenvalue weighted by atomic mass is 79.9. The average Bonchev–Trinajstić information content (AvgIpc) is 2.76. The Hall–Kier alpha value is -0.970. The van der Waals surface area contributed by atoms with Crippen LogP contribution in [0, 0.1) is 0 Å². The second-order valence-electron chi connectivity index (χ2n) is 3.78. The smallest absolute Gasteiger partial charge is 0.166 e. The van der Waals surface area contributed by atoms with Crippen LogP contribution in [-0.4, -0.2) is 5.78 Å². The van der Waals surface area contributed by atoms with Crippen LogP contribution in [0.15, 0.2) is 45.6 Å². The molecule has 4 heteroatoms. The van der Waals surface area contributed by atoms with Gasteiger partial charge in [-0.05, 0) is 21.5 Å². The van der Waals surface area contributed by atoms with Gasteiger partial charge in [-0.15, -0.1) is 0 Å². The summed E-state index contributed by atoms with van der Waals surface area (Å²) in [6.45, 7) is 0. The van der Waals surface area contributed by atoms with Gasteiger partial charge in [0.05, 0.1) is 0 Å². The van der Waals surface area contributed by atoms with Gasteiger partial charge in [-0.3, -0.25) is 4.79 Å². The van der Waals surface area contributed by atoms with Crippen LogP contribution in [0.4, 0.5) is 0 Å². The minimum atomic E-state index is -0.240. The Morgan fingerprint density at radius 1 is 1.29 bits per heavy atom. The van der Waals surface area contributed by atoms with Crippen LogP contribution in [0.25, 0.3) is 0 Å². The molecule has 0 aliphatic rings. The zero-order valence-corrected chi connectivity index (χ0v) is 11.5. The number of hydrogen-bond donors (Lipinski definition) is 1. The van der Waals surface area contributed by atoms with Crippen molar-refractivity contribution < 1.29 is 4.79 Å². The predicted molar refractivity (Wildman–Crippen MR) is 74.3 cm³/mol. The van der Waals surface area contributed by atoms with Crippen molar-refractivity contribution in [2.45, 2.75) is 12.5 Å². The Morgan fingerprint density at radius 2 is 2.00 bits per heavy atom. The van der Waals surface area contributed by atoms with Gasteiger partial charge in [-0.2, -0.15) is 11.3 Å². The number of ketones is 1. The van der Waals surface area contributed by atoms with E-state index in [1.165, 1.54) is 11.3 Å². The lowest BCUT2D eigenvalue weighted by molar-refractivity contribution is 0.0974. The molecular weight excluding hydrogens is 298 g/mol. The fraction of sp³-hybridized carbons (Fsp3) is 0.154. The highest BCUT2D eigenvalue weighted by Gasteiger charge is 2.15. The SMILES string of the molecule is NC(CC(=O)c1cscc1Br)c1ccccc1. The number of rotatable bonds is 4. The third-order valence-electron chi connectivity index (χ3n) is 2.55. The summed E-state index contributed by atoms with van der Waals surface area (Å²) in [7, 11) is 0. The molecular formula is C13H12BrNOS. The lowest BCUT2D eigenvalue weighted by Gasteiger charge is -2.10. The molecule has 1 unspecified atom stereocenters. The topological polar surface area (TPSA) is 43.1 Å². The highest BCUT2D eigenvalue weighted by molar-refractivity contribution is 9.10.